The van der Waals surface area contributed by atoms with Gasteiger partial charge in [0.15, 0.2) is 0 Å². The highest BCUT2D eigenvalue weighted by atomic mass is 16.5. The van der Waals surface area contributed by atoms with Crippen LogP contribution < -0.4 is 0 Å². The smallest absolute Gasteiger partial charge is 0.336 e. The van der Waals surface area contributed by atoms with Crippen LogP contribution in [0, 0.1) is 22.7 Å². The minimum absolute atomic E-state index is 0.0337. The quantitative estimate of drug-likeness (QED) is 0.617. The summed E-state index contributed by atoms with van der Waals surface area (Å²) >= 11 is 0. The summed E-state index contributed by atoms with van der Waals surface area (Å²) in [6.07, 6.45) is 4.17. The molecule has 0 amide bonds. The van der Waals surface area contributed by atoms with Gasteiger partial charge in [-0.25, -0.2) is 4.79 Å². The van der Waals surface area contributed by atoms with Gasteiger partial charge in [-0.3, -0.25) is 4.79 Å². The number of Topliss-reactive ketones (excluding diaryl/α,β-unsaturated/α-hetero) is 1. The number of fused-ring (bicyclic) bond motifs is 2. The monoisotopic (exact) mass is 246 g/mol. The lowest BCUT2D eigenvalue weighted by molar-refractivity contribution is -0.132. The second kappa shape index (κ2) is 3.14. The van der Waals surface area contributed by atoms with E-state index in [2.05, 4.69) is 13.8 Å². The summed E-state index contributed by atoms with van der Waals surface area (Å²) in [7, 11) is 0. The van der Waals surface area contributed by atoms with Gasteiger partial charge in [-0.2, -0.15) is 0 Å². The van der Waals surface area contributed by atoms with Crippen LogP contribution in [0.3, 0.4) is 0 Å². The molecule has 0 saturated heterocycles. The highest BCUT2D eigenvalue weighted by molar-refractivity contribution is 5.93. The molecule has 3 aliphatic rings. The summed E-state index contributed by atoms with van der Waals surface area (Å²) in [5.74, 6) is 0.988. The Morgan fingerprint density at radius 1 is 1.28 bits per heavy atom. The van der Waals surface area contributed by atoms with Crippen molar-refractivity contribution in [3.05, 3.63) is 23.5 Å². The molecule has 0 bridgehead atoms. The molecule has 1 aliphatic heterocycles. The summed E-state index contributed by atoms with van der Waals surface area (Å²) < 4.78 is 5.26. The molecule has 96 valence electrons. The normalized spacial score (nSPS) is 46.2. The first-order valence-corrected chi connectivity index (χ1v) is 6.50. The van der Waals surface area contributed by atoms with Crippen molar-refractivity contribution >= 4 is 11.8 Å². The van der Waals surface area contributed by atoms with Crippen molar-refractivity contribution in [3.63, 3.8) is 0 Å². The summed E-state index contributed by atoms with van der Waals surface area (Å²) in [6.45, 7) is 8.31. The van der Waals surface area contributed by atoms with Crippen molar-refractivity contribution in [1.29, 1.82) is 0 Å². The van der Waals surface area contributed by atoms with Gasteiger partial charge in [0.25, 0.3) is 0 Å². The van der Waals surface area contributed by atoms with Crippen molar-refractivity contribution < 1.29 is 14.3 Å². The van der Waals surface area contributed by atoms with E-state index in [1.54, 1.807) is 0 Å². The number of carbonyl (C=O) groups is 2. The second-order valence-electron chi connectivity index (χ2n) is 6.26. The zero-order chi connectivity index (χ0) is 13.3. The average Bonchev–Trinajstić information content (AvgIpc) is 2.72. The first kappa shape index (κ1) is 11.7. The Kier molecular flexibility index (Phi) is 2.04. The van der Waals surface area contributed by atoms with E-state index in [0.29, 0.717) is 18.0 Å². The van der Waals surface area contributed by atoms with Crippen LogP contribution in [-0.4, -0.2) is 11.8 Å². The molecular weight excluding hydrogens is 228 g/mol. The molecule has 0 aromatic rings. The molecular formula is C15H18O3. The maximum atomic E-state index is 12.4. The van der Waals surface area contributed by atoms with Crippen LogP contribution in [0.25, 0.3) is 0 Å². The lowest BCUT2D eigenvalue weighted by Gasteiger charge is -2.47. The highest BCUT2D eigenvalue weighted by Gasteiger charge is 2.63. The molecule has 0 radical (unpaired) electrons. The van der Waals surface area contributed by atoms with E-state index in [0.717, 1.165) is 5.57 Å². The molecule has 0 spiro atoms. The molecule has 18 heavy (non-hydrogen) atoms. The lowest BCUT2D eigenvalue weighted by Crippen LogP contribution is -2.46. The van der Waals surface area contributed by atoms with Crippen LogP contribution in [0.5, 0.6) is 0 Å². The molecule has 1 heterocycles. The van der Waals surface area contributed by atoms with Crippen LogP contribution in [0.2, 0.25) is 0 Å². The Bertz CT molecular complexity index is 528. The van der Waals surface area contributed by atoms with E-state index >= 15 is 0 Å². The topological polar surface area (TPSA) is 43.4 Å². The van der Waals surface area contributed by atoms with Gasteiger partial charge in [0.2, 0.25) is 0 Å². The van der Waals surface area contributed by atoms with Gasteiger partial charge in [-0.1, -0.05) is 27.7 Å². The third kappa shape index (κ3) is 1.06. The Morgan fingerprint density at radius 2 is 1.94 bits per heavy atom. The van der Waals surface area contributed by atoms with E-state index in [-0.39, 0.29) is 23.2 Å². The number of ether oxygens (including phenoxy) is 1. The van der Waals surface area contributed by atoms with Gasteiger partial charge in [0.05, 0.1) is 0 Å². The van der Waals surface area contributed by atoms with E-state index in [9.17, 15) is 9.59 Å². The van der Waals surface area contributed by atoms with Crippen LogP contribution in [-0.2, 0) is 14.3 Å². The molecule has 0 aromatic carbocycles. The molecule has 2 aliphatic carbocycles. The SMILES string of the molecule is CC1CC(=O)C2(C)C(C)C3=CC(=O)OC3=CC12C. The van der Waals surface area contributed by atoms with Crippen LogP contribution in [0.15, 0.2) is 23.5 Å². The standard InChI is InChI=1S/C15H18O3/c1-8-5-12(16)15(4)9(2)10-6-13(17)18-11(10)7-14(8,15)3/h6-9H,5H2,1-4H3. The Hall–Kier alpha value is -1.38. The zero-order valence-electron chi connectivity index (χ0n) is 11.2. The van der Waals surface area contributed by atoms with Crippen molar-refractivity contribution in [1.82, 2.24) is 0 Å². The van der Waals surface area contributed by atoms with E-state index < -0.39 is 5.41 Å². The lowest BCUT2D eigenvalue weighted by atomic mass is 9.54. The molecule has 1 fully saturated rings. The Morgan fingerprint density at radius 3 is 2.61 bits per heavy atom. The first-order valence-electron chi connectivity index (χ1n) is 6.50. The minimum atomic E-state index is -0.421. The van der Waals surface area contributed by atoms with Crippen LogP contribution >= 0.6 is 0 Å². The van der Waals surface area contributed by atoms with Gasteiger partial charge >= 0.3 is 5.97 Å². The number of esters is 1. The van der Waals surface area contributed by atoms with E-state index in [1.165, 1.54) is 6.08 Å². The zero-order valence-corrected chi connectivity index (χ0v) is 11.2. The molecule has 4 unspecified atom stereocenters. The van der Waals surface area contributed by atoms with Crippen LogP contribution in [0.4, 0.5) is 0 Å². The molecule has 4 atom stereocenters. The predicted octanol–water partition coefficient (Wildman–Crippen LogP) is 2.62. The molecule has 0 aromatic heterocycles. The molecule has 1 saturated carbocycles. The van der Waals surface area contributed by atoms with E-state index in [4.69, 9.17) is 4.74 Å². The fourth-order valence-corrected chi connectivity index (χ4v) is 3.94. The third-order valence-electron chi connectivity index (χ3n) is 5.75. The highest BCUT2D eigenvalue weighted by Crippen LogP contribution is 2.63. The molecule has 3 nitrogen and oxygen atoms in total. The summed E-state index contributed by atoms with van der Waals surface area (Å²) in [5, 5.41) is 0. The van der Waals surface area contributed by atoms with Gasteiger partial charge in [0, 0.05) is 28.9 Å². The minimum Gasteiger partial charge on any atom is -0.423 e. The van der Waals surface area contributed by atoms with Crippen molar-refractivity contribution in [2.24, 2.45) is 22.7 Å². The van der Waals surface area contributed by atoms with Gasteiger partial charge in [-0.05, 0) is 17.9 Å². The van der Waals surface area contributed by atoms with E-state index in [1.807, 2.05) is 19.9 Å². The molecule has 3 rings (SSSR count). The molecule has 3 heteroatoms. The van der Waals surface area contributed by atoms with Crippen molar-refractivity contribution in [3.8, 4) is 0 Å². The number of carbonyl (C=O) groups excluding carboxylic acids is 2. The second-order valence-corrected chi connectivity index (χ2v) is 6.26. The summed E-state index contributed by atoms with van der Waals surface area (Å²) in [6, 6.07) is 0. The van der Waals surface area contributed by atoms with Gasteiger partial charge in [0.1, 0.15) is 11.5 Å². The largest absolute Gasteiger partial charge is 0.423 e. The average molecular weight is 246 g/mol. The summed E-state index contributed by atoms with van der Waals surface area (Å²) in [5.41, 5.74) is 0.249. The Balaban J connectivity index is 2.24. The van der Waals surface area contributed by atoms with Gasteiger partial charge in [-0.15, -0.1) is 0 Å². The summed E-state index contributed by atoms with van der Waals surface area (Å²) in [4.78, 5) is 23.9. The fourth-order valence-electron chi connectivity index (χ4n) is 3.94. The van der Waals surface area contributed by atoms with Gasteiger partial charge < -0.3 is 4.74 Å². The first-order chi connectivity index (χ1) is 8.30. The third-order valence-corrected chi connectivity index (χ3v) is 5.75. The maximum Gasteiger partial charge on any atom is 0.336 e. The predicted molar refractivity (Wildman–Crippen MR) is 66.4 cm³/mol. The number of hydrogen-bond acceptors (Lipinski definition) is 3. The maximum absolute atomic E-state index is 12.4. The van der Waals surface area contributed by atoms with Crippen LogP contribution in [0.1, 0.15) is 34.1 Å². The number of ketones is 1. The van der Waals surface area contributed by atoms with Crippen molar-refractivity contribution in [2.75, 3.05) is 0 Å². The van der Waals surface area contributed by atoms with Crippen molar-refractivity contribution in [2.45, 2.75) is 34.1 Å². The number of rotatable bonds is 0. The molecule has 0 N–H and O–H groups in total. The Labute approximate surface area is 107 Å². The fraction of sp³-hybridized carbons (Fsp3) is 0.600. The number of allylic oxidation sites excluding steroid dienone is 2. The number of hydrogen-bond donors (Lipinski definition) is 0.